The van der Waals surface area contributed by atoms with E-state index >= 15 is 0 Å². The molecule has 1 heterocycles. The topological polar surface area (TPSA) is 66.5 Å². The number of rotatable bonds is 5. The van der Waals surface area contributed by atoms with Crippen LogP contribution in [-0.4, -0.2) is 35.7 Å². The Hall–Kier alpha value is -2.95. The number of benzene rings is 2. The molecule has 5 heteroatoms. The Kier molecular flexibility index (Phi) is 4.42. The van der Waals surface area contributed by atoms with Crippen molar-refractivity contribution in [3.63, 3.8) is 0 Å². The molecule has 5 nitrogen and oxygen atoms in total. The van der Waals surface area contributed by atoms with Gasteiger partial charge >= 0.3 is 0 Å². The second-order valence-electron chi connectivity index (χ2n) is 5.86. The first-order valence-corrected chi connectivity index (χ1v) is 7.85. The Labute approximate surface area is 140 Å². The predicted octanol–water partition coefficient (Wildman–Crippen LogP) is 2.20. The molecule has 0 saturated heterocycles. The molecule has 1 aliphatic rings. The summed E-state index contributed by atoms with van der Waals surface area (Å²) < 4.78 is 0. The maximum Gasteiger partial charge on any atom is 0.262 e. The fourth-order valence-electron chi connectivity index (χ4n) is 2.75. The number of fused-ring (bicyclic) bond motifs is 1. The van der Waals surface area contributed by atoms with Gasteiger partial charge in [-0.1, -0.05) is 49.4 Å². The highest BCUT2D eigenvalue weighted by Gasteiger charge is 2.36. The zero-order valence-electron chi connectivity index (χ0n) is 13.4. The molecular formula is C19H18N2O3. The monoisotopic (exact) mass is 322 g/mol. The van der Waals surface area contributed by atoms with Crippen molar-refractivity contribution in [2.24, 2.45) is 0 Å². The summed E-state index contributed by atoms with van der Waals surface area (Å²) in [6.07, 6.45) is 0. The van der Waals surface area contributed by atoms with Crippen LogP contribution in [0.4, 0.5) is 0 Å². The molecule has 0 fully saturated rings. The van der Waals surface area contributed by atoms with Crippen LogP contribution in [0.3, 0.4) is 0 Å². The van der Waals surface area contributed by atoms with E-state index in [1.165, 1.54) is 0 Å². The molecule has 3 rings (SSSR count). The molecule has 1 N–H and O–H groups in total. The van der Waals surface area contributed by atoms with Gasteiger partial charge in [0.05, 0.1) is 11.1 Å². The van der Waals surface area contributed by atoms with Crippen molar-refractivity contribution in [3.8, 4) is 0 Å². The standard InChI is InChI=1S/C19H18N2O3/c1-13(14-7-3-2-4-8-14)11-20-17(22)12-21-18(23)15-9-5-6-10-16(15)19(21)24/h2-10,13H,11-12H2,1H3,(H,20,22). The van der Waals surface area contributed by atoms with E-state index in [-0.39, 0.29) is 18.4 Å². The van der Waals surface area contributed by atoms with E-state index in [1.807, 2.05) is 37.3 Å². The molecule has 1 aliphatic heterocycles. The lowest BCUT2D eigenvalue weighted by molar-refractivity contribution is -0.121. The van der Waals surface area contributed by atoms with Gasteiger partial charge in [-0.25, -0.2) is 0 Å². The van der Waals surface area contributed by atoms with Crippen LogP contribution in [0, 0.1) is 0 Å². The lowest BCUT2D eigenvalue weighted by Crippen LogP contribution is -2.41. The third-order valence-electron chi connectivity index (χ3n) is 4.15. The molecular weight excluding hydrogens is 304 g/mol. The van der Waals surface area contributed by atoms with E-state index in [1.54, 1.807) is 24.3 Å². The molecule has 2 aromatic rings. The summed E-state index contributed by atoms with van der Waals surface area (Å²) in [5, 5.41) is 2.79. The fraction of sp³-hybridized carbons (Fsp3) is 0.211. The zero-order valence-corrected chi connectivity index (χ0v) is 13.4. The van der Waals surface area contributed by atoms with Gasteiger partial charge in [-0.15, -0.1) is 0 Å². The molecule has 1 unspecified atom stereocenters. The minimum atomic E-state index is -0.415. The lowest BCUT2D eigenvalue weighted by atomic mass is 10.0. The van der Waals surface area contributed by atoms with Crippen molar-refractivity contribution in [1.29, 1.82) is 0 Å². The van der Waals surface area contributed by atoms with Crippen LogP contribution in [0.25, 0.3) is 0 Å². The number of imide groups is 1. The van der Waals surface area contributed by atoms with Crippen LogP contribution in [0.2, 0.25) is 0 Å². The lowest BCUT2D eigenvalue weighted by Gasteiger charge is -2.16. The fourth-order valence-corrected chi connectivity index (χ4v) is 2.75. The normalized spacial score (nSPS) is 14.5. The summed E-state index contributed by atoms with van der Waals surface area (Å²) in [6, 6.07) is 16.5. The van der Waals surface area contributed by atoms with E-state index in [0.717, 1.165) is 10.5 Å². The largest absolute Gasteiger partial charge is 0.354 e. The Morgan fingerprint density at radius 2 is 1.50 bits per heavy atom. The van der Waals surface area contributed by atoms with Crippen molar-refractivity contribution in [1.82, 2.24) is 10.2 Å². The third kappa shape index (κ3) is 3.06. The minimum Gasteiger partial charge on any atom is -0.354 e. The van der Waals surface area contributed by atoms with Crippen LogP contribution < -0.4 is 5.32 Å². The summed E-state index contributed by atoms with van der Waals surface area (Å²) in [7, 11) is 0. The van der Waals surface area contributed by atoms with E-state index in [2.05, 4.69) is 5.32 Å². The Morgan fingerprint density at radius 1 is 0.958 bits per heavy atom. The van der Waals surface area contributed by atoms with Gasteiger partial charge in [-0.2, -0.15) is 0 Å². The number of nitrogens with one attached hydrogen (secondary N) is 1. The number of hydrogen-bond acceptors (Lipinski definition) is 3. The molecule has 24 heavy (non-hydrogen) atoms. The van der Waals surface area contributed by atoms with Gasteiger partial charge in [0, 0.05) is 6.54 Å². The Morgan fingerprint density at radius 3 is 2.08 bits per heavy atom. The summed E-state index contributed by atoms with van der Waals surface area (Å²) in [5.41, 5.74) is 1.83. The average Bonchev–Trinajstić information content (AvgIpc) is 2.86. The molecule has 0 spiro atoms. The molecule has 1 atom stereocenters. The second kappa shape index (κ2) is 6.66. The maximum absolute atomic E-state index is 12.2. The van der Waals surface area contributed by atoms with Gasteiger partial charge in [0.1, 0.15) is 6.54 Å². The number of carbonyl (C=O) groups is 3. The van der Waals surface area contributed by atoms with Crippen LogP contribution in [-0.2, 0) is 4.79 Å². The summed E-state index contributed by atoms with van der Waals surface area (Å²) >= 11 is 0. The van der Waals surface area contributed by atoms with Crippen molar-refractivity contribution in [2.45, 2.75) is 12.8 Å². The van der Waals surface area contributed by atoms with Gasteiger partial charge in [0.15, 0.2) is 0 Å². The van der Waals surface area contributed by atoms with Crippen LogP contribution >= 0.6 is 0 Å². The maximum atomic E-state index is 12.2. The van der Waals surface area contributed by atoms with Crippen molar-refractivity contribution >= 4 is 17.7 Å². The van der Waals surface area contributed by atoms with E-state index in [9.17, 15) is 14.4 Å². The first kappa shape index (κ1) is 15.9. The molecule has 3 amide bonds. The molecule has 2 aromatic carbocycles. The minimum absolute atomic E-state index is 0.150. The molecule has 122 valence electrons. The highest BCUT2D eigenvalue weighted by molar-refractivity contribution is 6.22. The number of nitrogens with zero attached hydrogens (tertiary/aromatic N) is 1. The summed E-state index contributed by atoms with van der Waals surface area (Å²) in [5.74, 6) is -1.02. The first-order valence-electron chi connectivity index (χ1n) is 7.85. The first-order chi connectivity index (χ1) is 11.6. The average molecular weight is 322 g/mol. The van der Waals surface area contributed by atoms with Gasteiger partial charge in [-0.05, 0) is 23.6 Å². The molecule has 0 bridgehead atoms. The highest BCUT2D eigenvalue weighted by atomic mass is 16.2. The van der Waals surface area contributed by atoms with Crippen molar-refractivity contribution in [2.75, 3.05) is 13.1 Å². The van der Waals surface area contributed by atoms with Gasteiger partial charge < -0.3 is 5.32 Å². The number of hydrogen-bond donors (Lipinski definition) is 1. The third-order valence-corrected chi connectivity index (χ3v) is 4.15. The van der Waals surface area contributed by atoms with Gasteiger partial charge in [-0.3, -0.25) is 19.3 Å². The van der Waals surface area contributed by atoms with E-state index in [4.69, 9.17) is 0 Å². The van der Waals surface area contributed by atoms with Crippen LogP contribution in [0.15, 0.2) is 54.6 Å². The quantitative estimate of drug-likeness (QED) is 0.858. The zero-order chi connectivity index (χ0) is 17.1. The smallest absolute Gasteiger partial charge is 0.262 e. The van der Waals surface area contributed by atoms with E-state index in [0.29, 0.717) is 17.7 Å². The summed E-state index contributed by atoms with van der Waals surface area (Å²) in [6.45, 7) is 2.21. The van der Waals surface area contributed by atoms with Gasteiger partial charge in [0.2, 0.25) is 5.91 Å². The van der Waals surface area contributed by atoms with Crippen molar-refractivity contribution < 1.29 is 14.4 Å². The molecule has 0 aromatic heterocycles. The van der Waals surface area contributed by atoms with Crippen molar-refractivity contribution in [3.05, 3.63) is 71.3 Å². The second-order valence-corrected chi connectivity index (χ2v) is 5.86. The number of carbonyl (C=O) groups excluding carboxylic acids is 3. The Balaban J connectivity index is 1.58. The van der Waals surface area contributed by atoms with Crippen LogP contribution in [0.1, 0.15) is 39.1 Å². The highest BCUT2D eigenvalue weighted by Crippen LogP contribution is 2.22. The molecule has 0 aliphatic carbocycles. The summed E-state index contributed by atoms with van der Waals surface area (Å²) in [4.78, 5) is 37.6. The predicted molar refractivity (Wildman–Crippen MR) is 89.7 cm³/mol. The number of amides is 3. The molecule has 0 radical (unpaired) electrons. The van der Waals surface area contributed by atoms with Gasteiger partial charge in [0.25, 0.3) is 11.8 Å². The molecule has 0 saturated carbocycles. The van der Waals surface area contributed by atoms with Crippen LogP contribution in [0.5, 0.6) is 0 Å². The van der Waals surface area contributed by atoms with E-state index < -0.39 is 11.8 Å². The Bertz CT molecular complexity index is 751. The SMILES string of the molecule is CC(CNC(=O)CN1C(=O)c2ccccc2C1=O)c1ccccc1.